The summed E-state index contributed by atoms with van der Waals surface area (Å²) in [5, 5.41) is 12.4. The predicted molar refractivity (Wildman–Crippen MR) is 99.7 cm³/mol. The minimum atomic E-state index is -3.55. The smallest absolute Gasteiger partial charge is 0.224 e. The number of nitrogens with zero attached hydrogens (tertiary/aromatic N) is 2. The molecule has 0 bridgehead atoms. The highest BCUT2D eigenvalue weighted by Crippen LogP contribution is 2.44. The van der Waals surface area contributed by atoms with Crippen molar-refractivity contribution in [2.24, 2.45) is 0 Å². The van der Waals surface area contributed by atoms with Gasteiger partial charge in [-0.3, -0.25) is 0 Å². The van der Waals surface area contributed by atoms with E-state index in [0.717, 1.165) is 24.8 Å². The van der Waals surface area contributed by atoms with Crippen LogP contribution in [0, 0.1) is 5.82 Å². The molecule has 27 heavy (non-hydrogen) atoms. The van der Waals surface area contributed by atoms with Gasteiger partial charge in [-0.2, -0.15) is 4.98 Å². The third kappa shape index (κ3) is 3.19. The van der Waals surface area contributed by atoms with Crippen LogP contribution in [0.15, 0.2) is 23.1 Å². The molecule has 1 aromatic carbocycles. The van der Waals surface area contributed by atoms with Crippen LogP contribution in [0.2, 0.25) is 5.28 Å². The van der Waals surface area contributed by atoms with Crippen LogP contribution >= 0.6 is 11.6 Å². The lowest BCUT2D eigenvalue weighted by Crippen LogP contribution is -2.37. The average Bonchev–Trinajstić information content (AvgIpc) is 2.55. The first-order chi connectivity index (χ1) is 12.8. The van der Waals surface area contributed by atoms with E-state index in [4.69, 9.17) is 11.6 Å². The Balaban J connectivity index is 1.72. The molecule has 0 unspecified atom stereocenters. The number of anilines is 2. The van der Waals surface area contributed by atoms with E-state index in [1.54, 1.807) is 6.07 Å². The van der Waals surface area contributed by atoms with Crippen molar-refractivity contribution in [1.29, 1.82) is 0 Å². The molecule has 0 saturated heterocycles. The van der Waals surface area contributed by atoms with E-state index in [2.05, 4.69) is 15.3 Å². The van der Waals surface area contributed by atoms with E-state index in [1.165, 1.54) is 12.1 Å². The Labute approximate surface area is 161 Å². The van der Waals surface area contributed by atoms with Crippen LogP contribution in [0.4, 0.5) is 15.9 Å². The Morgan fingerprint density at radius 1 is 1.26 bits per heavy atom. The Bertz CT molecular complexity index is 1000. The van der Waals surface area contributed by atoms with Crippen LogP contribution in [0.5, 0.6) is 0 Å². The van der Waals surface area contributed by atoms with Crippen LogP contribution in [-0.4, -0.2) is 35.9 Å². The van der Waals surface area contributed by atoms with Gasteiger partial charge in [0.15, 0.2) is 15.7 Å². The van der Waals surface area contributed by atoms with Gasteiger partial charge in [-0.1, -0.05) is 12.5 Å². The Morgan fingerprint density at radius 3 is 2.67 bits per heavy atom. The summed E-state index contributed by atoms with van der Waals surface area (Å²) >= 11 is 5.93. The number of nitrogens with one attached hydrogen (secondary N) is 1. The molecule has 2 aromatic rings. The maximum absolute atomic E-state index is 14.7. The second-order valence-corrected chi connectivity index (χ2v) is 9.54. The second kappa shape index (κ2) is 6.68. The van der Waals surface area contributed by atoms with Crippen LogP contribution in [0.3, 0.4) is 0 Å². The number of sulfone groups is 1. The summed E-state index contributed by atoms with van der Waals surface area (Å²) in [4.78, 5) is 8.01. The largest absolute Gasteiger partial charge is 0.395 e. The number of fused-ring (bicyclic) bond motifs is 1. The summed E-state index contributed by atoms with van der Waals surface area (Å²) in [6, 6.07) is 4.68. The number of aryl methyl sites for hydroxylation is 1. The molecular formula is C18H19ClFN3O3S. The number of aliphatic hydroxyl groups is 1. The van der Waals surface area contributed by atoms with Gasteiger partial charge in [0.05, 0.1) is 23.7 Å². The molecule has 1 saturated carbocycles. The van der Waals surface area contributed by atoms with Crippen molar-refractivity contribution in [2.45, 2.75) is 42.4 Å². The van der Waals surface area contributed by atoms with Crippen molar-refractivity contribution in [1.82, 2.24) is 9.97 Å². The first-order valence-electron chi connectivity index (χ1n) is 8.82. The summed E-state index contributed by atoms with van der Waals surface area (Å²) in [5.74, 6) is -0.541. The minimum Gasteiger partial charge on any atom is -0.395 e. The molecule has 0 atom stereocenters. The lowest BCUT2D eigenvalue weighted by atomic mass is 9.65. The molecule has 2 N–H and O–H groups in total. The highest BCUT2D eigenvalue weighted by molar-refractivity contribution is 7.91. The number of hydrogen-bond donors (Lipinski definition) is 2. The SMILES string of the molecule is O=S1(=O)CCCc2nc(Cl)nc(Nc3ccc(C4(CO)CCC4)cc3F)c21. The topological polar surface area (TPSA) is 92.2 Å². The lowest BCUT2D eigenvalue weighted by Gasteiger charge is -2.41. The summed E-state index contributed by atoms with van der Waals surface area (Å²) in [6.07, 6.45) is 3.60. The zero-order valence-electron chi connectivity index (χ0n) is 14.5. The molecule has 9 heteroatoms. The number of rotatable bonds is 4. The van der Waals surface area contributed by atoms with E-state index in [1.807, 2.05) is 0 Å². The van der Waals surface area contributed by atoms with Crippen molar-refractivity contribution in [2.75, 3.05) is 17.7 Å². The van der Waals surface area contributed by atoms with Gasteiger partial charge in [0.1, 0.15) is 10.7 Å². The molecular weight excluding hydrogens is 393 g/mol. The van der Waals surface area contributed by atoms with Crippen molar-refractivity contribution in [3.63, 3.8) is 0 Å². The molecule has 1 fully saturated rings. The monoisotopic (exact) mass is 411 g/mol. The fourth-order valence-electron chi connectivity index (χ4n) is 3.80. The zero-order chi connectivity index (χ0) is 19.2. The zero-order valence-corrected chi connectivity index (χ0v) is 16.1. The van der Waals surface area contributed by atoms with Crippen molar-refractivity contribution in [3.8, 4) is 0 Å². The number of hydrogen-bond acceptors (Lipinski definition) is 6. The highest BCUT2D eigenvalue weighted by atomic mass is 35.5. The minimum absolute atomic E-state index is 0.000111. The van der Waals surface area contributed by atoms with Gasteiger partial charge in [-0.15, -0.1) is 0 Å². The highest BCUT2D eigenvalue weighted by Gasteiger charge is 2.38. The molecule has 0 amide bonds. The van der Waals surface area contributed by atoms with E-state index in [9.17, 15) is 17.9 Å². The van der Waals surface area contributed by atoms with Gasteiger partial charge in [0, 0.05) is 5.41 Å². The molecule has 6 nitrogen and oxygen atoms in total. The molecule has 1 aliphatic heterocycles. The second-order valence-electron chi connectivity index (χ2n) is 7.15. The fraction of sp³-hybridized carbons (Fsp3) is 0.444. The Hall–Kier alpha value is -1.77. The van der Waals surface area contributed by atoms with Gasteiger partial charge < -0.3 is 10.4 Å². The van der Waals surface area contributed by atoms with Crippen LogP contribution in [0.1, 0.15) is 36.9 Å². The average molecular weight is 412 g/mol. The van der Waals surface area contributed by atoms with E-state index < -0.39 is 15.7 Å². The maximum Gasteiger partial charge on any atom is 0.224 e. The van der Waals surface area contributed by atoms with Crippen LogP contribution in [-0.2, 0) is 21.7 Å². The summed E-state index contributed by atoms with van der Waals surface area (Å²) < 4.78 is 39.7. The van der Waals surface area contributed by atoms with Gasteiger partial charge >= 0.3 is 0 Å². The number of halogens is 2. The molecule has 0 radical (unpaired) electrons. The summed E-state index contributed by atoms with van der Waals surface area (Å²) in [5.41, 5.74) is 0.827. The Kier molecular flexibility index (Phi) is 4.60. The molecule has 2 aliphatic rings. The van der Waals surface area contributed by atoms with Crippen molar-refractivity contribution in [3.05, 3.63) is 40.6 Å². The maximum atomic E-state index is 14.7. The van der Waals surface area contributed by atoms with Gasteiger partial charge in [0.2, 0.25) is 5.28 Å². The van der Waals surface area contributed by atoms with Gasteiger partial charge in [-0.25, -0.2) is 17.8 Å². The van der Waals surface area contributed by atoms with Crippen molar-refractivity contribution < 1.29 is 17.9 Å². The quantitative estimate of drug-likeness (QED) is 0.751. The third-order valence-corrected chi connectivity index (χ3v) is 7.54. The Morgan fingerprint density at radius 2 is 2.04 bits per heavy atom. The normalized spacial score (nSPS) is 19.8. The van der Waals surface area contributed by atoms with Crippen molar-refractivity contribution >= 4 is 32.9 Å². The molecule has 1 aromatic heterocycles. The molecule has 1 aliphatic carbocycles. The molecule has 2 heterocycles. The number of aromatic nitrogens is 2. The van der Waals surface area contributed by atoms with E-state index >= 15 is 0 Å². The molecule has 144 valence electrons. The number of aliphatic hydroxyl groups excluding tert-OH is 1. The standard InChI is InChI=1S/C18H19ClFN3O3S/c19-17-22-14-3-1-8-27(25,26)15(14)16(23-17)21-13-5-4-11(9-12(13)20)18(10-24)6-2-7-18/h4-5,9,24H,1-3,6-8,10H2,(H,21,22,23). The van der Waals surface area contributed by atoms with Gasteiger partial charge in [0.25, 0.3) is 0 Å². The lowest BCUT2D eigenvalue weighted by molar-refractivity contribution is 0.120. The predicted octanol–water partition coefficient (Wildman–Crippen LogP) is 3.15. The molecule has 4 rings (SSSR count). The van der Waals surface area contributed by atoms with Crippen LogP contribution < -0.4 is 5.32 Å². The summed E-state index contributed by atoms with van der Waals surface area (Å²) in [6.45, 7) is -0.0213. The summed E-state index contributed by atoms with van der Waals surface area (Å²) in [7, 11) is -3.55. The number of benzene rings is 1. The van der Waals surface area contributed by atoms with Crippen LogP contribution in [0.25, 0.3) is 0 Å². The molecule has 0 spiro atoms. The first kappa shape index (κ1) is 18.6. The first-order valence-corrected chi connectivity index (χ1v) is 10.8. The van der Waals surface area contributed by atoms with Gasteiger partial charge in [-0.05, 0) is 55.0 Å². The van der Waals surface area contributed by atoms with E-state index in [0.29, 0.717) is 18.5 Å². The third-order valence-electron chi connectivity index (χ3n) is 5.49. The fourth-order valence-corrected chi connectivity index (χ4v) is 5.61. The van der Waals surface area contributed by atoms with E-state index in [-0.39, 0.29) is 39.5 Å².